The average Bonchev–Trinajstić information content (AvgIpc) is 3.46. The van der Waals surface area contributed by atoms with Gasteiger partial charge in [0.05, 0.1) is 7.11 Å². The van der Waals surface area contributed by atoms with Crippen LogP contribution in [0.15, 0.2) is 34.9 Å². The molecule has 0 saturated carbocycles. The van der Waals surface area contributed by atoms with E-state index in [-0.39, 0.29) is 17.5 Å². The van der Waals surface area contributed by atoms with Gasteiger partial charge in [0.2, 0.25) is 11.8 Å². The fraction of sp³-hybridized carbons (Fsp3) is 0.458. The van der Waals surface area contributed by atoms with Crippen LogP contribution in [0.2, 0.25) is 0 Å². The van der Waals surface area contributed by atoms with E-state index in [2.05, 4.69) is 47.3 Å². The van der Waals surface area contributed by atoms with Gasteiger partial charge in [0.15, 0.2) is 5.75 Å². The van der Waals surface area contributed by atoms with E-state index in [1.807, 2.05) is 12.1 Å². The van der Waals surface area contributed by atoms with Gasteiger partial charge in [-0.3, -0.25) is 0 Å². The Bertz CT molecular complexity index is 1210. The monoisotopic (exact) mass is 550 g/mol. The fourth-order valence-corrected chi connectivity index (χ4v) is 5.25. The van der Waals surface area contributed by atoms with E-state index < -0.39 is 12.0 Å². The number of pyridine rings is 1. The first-order chi connectivity index (χ1) is 16.8. The highest BCUT2D eigenvalue weighted by atomic mass is 79.9. The molecular weight excluding hydrogens is 525 g/mol. The van der Waals surface area contributed by atoms with E-state index in [1.54, 1.807) is 12.1 Å². The summed E-state index contributed by atoms with van der Waals surface area (Å²) in [6, 6.07) is 9.79. The number of hydrogen-bond acceptors (Lipinski definition) is 6. The Labute approximate surface area is 209 Å². The number of hydrogen-bond donors (Lipinski definition) is 1. The number of nitrogens with zero attached hydrogens (tertiary/aromatic N) is 5. The summed E-state index contributed by atoms with van der Waals surface area (Å²) in [5, 5.41) is 6.74. The molecule has 0 radical (unpaired) electrons. The number of anilines is 2. The summed E-state index contributed by atoms with van der Waals surface area (Å²) in [4.78, 5) is 10.6. The van der Waals surface area contributed by atoms with Gasteiger partial charge in [-0.2, -0.15) is 22.8 Å². The van der Waals surface area contributed by atoms with Gasteiger partial charge in [0, 0.05) is 11.7 Å². The third-order valence-electron chi connectivity index (χ3n) is 6.70. The molecule has 2 aromatic heterocycles. The first-order valence-corrected chi connectivity index (χ1v) is 12.5. The highest BCUT2D eigenvalue weighted by molar-refractivity contribution is 9.10. The van der Waals surface area contributed by atoms with Crippen molar-refractivity contribution in [3.8, 4) is 11.6 Å². The summed E-state index contributed by atoms with van der Waals surface area (Å²) < 4.78 is 47.3. The largest absolute Gasteiger partial charge is 0.493 e. The number of halogens is 4. The molecule has 35 heavy (non-hydrogen) atoms. The average molecular weight is 551 g/mol. The van der Waals surface area contributed by atoms with Gasteiger partial charge in [0.1, 0.15) is 4.60 Å². The Morgan fingerprint density at radius 1 is 1.03 bits per heavy atom. The van der Waals surface area contributed by atoms with Crippen molar-refractivity contribution < 1.29 is 17.9 Å². The van der Waals surface area contributed by atoms with Gasteiger partial charge in [-0.25, -0.2) is 4.98 Å². The van der Waals surface area contributed by atoms with Crippen molar-refractivity contribution >= 4 is 27.6 Å². The molecule has 3 heterocycles. The number of aryl methyl sites for hydroxylation is 2. The van der Waals surface area contributed by atoms with Crippen molar-refractivity contribution in [2.45, 2.75) is 50.7 Å². The van der Waals surface area contributed by atoms with Gasteiger partial charge in [-0.1, -0.05) is 6.07 Å². The molecule has 2 aliphatic rings. The Morgan fingerprint density at radius 2 is 1.77 bits per heavy atom. The van der Waals surface area contributed by atoms with Crippen LogP contribution in [0.4, 0.5) is 24.8 Å². The van der Waals surface area contributed by atoms with Gasteiger partial charge in [-0.05, 0) is 103 Å². The van der Waals surface area contributed by atoms with E-state index >= 15 is 0 Å². The minimum absolute atomic E-state index is 0.0928. The minimum atomic E-state index is -4.71. The highest BCUT2D eigenvalue weighted by Crippen LogP contribution is 2.33. The Kier molecular flexibility index (Phi) is 6.71. The molecule has 1 aliphatic heterocycles. The standard InChI is InChI=1S/C24H26BrF3N6O/c1-35-19-10-11-20(25)30-21(19)34-23(31-22(32-34)24(26,27)28)29-17-7-4-15-5-8-18(9-6-16(15)14-17)33-12-2-3-13-33/h4,7,10-11,14,18H,2-3,5-6,8-9,12-13H2,1H3,(H,29,31,32). The Balaban J connectivity index is 1.45. The van der Waals surface area contributed by atoms with Crippen LogP contribution >= 0.6 is 15.9 Å². The molecule has 7 nitrogen and oxygen atoms in total. The summed E-state index contributed by atoms with van der Waals surface area (Å²) in [5.41, 5.74) is 3.17. The molecule has 11 heteroatoms. The number of ether oxygens (including phenoxy) is 1. The first kappa shape index (κ1) is 24.1. The molecule has 1 fully saturated rings. The van der Waals surface area contributed by atoms with Gasteiger partial charge >= 0.3 is 6.18 Å². The van der Waals surface area contributed by atoms with Crippen molar-refractivity contribution in [1.82, 2.24) is 24.6 Å². The first-order valence-electron chi connectivity index (χ1n) is 11.7. The third kappa shape index (κ3) is 5.16. The second-order valence-corrected chi connectivity index (χ2v) is 9.72. The predicted octanol–water partition coefficient (Wildman–Crippen LogP) is 5.54. The smallest absolute Gasteiger partial charge is 0.453 e. The molecule has 3 aromatic rings. The Morgan fingerprint density at radius 3 is 2.49 bits per heavy atom. The second kappa shape index (κ2) is 9.77. The quantitative estimate of drug-likeness (QED) is 0.332. The SMILES string of the molecule is COc1ccc(Br)nc1-n1nc(C(F)(F)F)nc1Nc1ccc2c(c1)CCC(N1CCCC1)CC2. The summed E-state index contributed by atoms with van der Waals surface area (Å²) >= 11 is 3.26. The maximum atomic E-state index is 13.5. The molecule has 1 atom stereocenters. The lowest BCUT2D eigenvalue weighted by Crippen LogP contribution is -2.32. The number of nitrogens with one attached hydrogen (secondary N) is 1. The molecule has 1 unspecified atom stereocenters. The number of rotatable bonds is 5. The molecule has 5 rings (SSSR count). The third-order valence-corrected chi connectivity index (χ3v) is 7.14. The fourth-order valence-electron chi connectivity index (χ4n) is 4.95. The number of benzene rings is 1. The number of fused-ring (bicyclic) bond motifs is 1. The van der Waals surface area contributed by atoms with Crippen LogP contribution < -0.4 is 10.1 Å². The molecule has 1 aromatic carbocycles. The van der Waals surface area contributed by atoms with Crippen LogP contribution in [-0.2, 0) is 19.0 Å². The van der Waals surface area contributed by atoms with E-state index in [4.69, 9.17) is 4.74 Å². The molecule has 1 N–H and O–H groups in total. The van der Waals surface area contributed by atoms with Crippen LogP contribution in [0.1, 0.15) is 42.6 Å². The predicted molar refractivity (Wildman–Crippen MR) is 129 cm³/mol. The lowest BCUT2D eigenvalue weighted by Gasteiger charge is -2.25. The van der Waals surface area contributed by atoms with Crippen molar-refractivity contribution in [2.24, 2.45) is 0 Å². The number of alkyl halides is 3. The second-order valence-electron chi connectivity index (χ2n) is 8.91. The summed E-state index contributed by atoms with van der Waals surface area (Å²) in [5.74, 6) is -0.989. The molecule has 186 valence electrons. The highest BCUT2D eigenvalue weighted by Gasteiger charge is 2.38. The van der Waals surface area contributed by atoms with E-state index in [0.717, 1.165) is 30.4 Å². The van der Waals surface area contributed by atoms with Crippen LogP contribution in [0.25, 0.3) is 5.82 Å². The maximum Gasteiger partial charge on any atom is 0.453 e. The molecule has 0 amide bonds. The zero-order valence-electron chi connectivity index (χ0n) is 19.3. The van der Waals surface area contributed by atoms with Crippen LogP contribution in [0.3, 0.4) is 0 Å². The number of aromatic nitrogens is 4. The number of methoxy groups -OCH3 is 1. The zero-order chi connectivity index (χ0) is 24.6. The van der Waals surface area contributed by atoms with E-state index in [9.17, 15) is 13.2 Å². The van der Waals surface area contributed by atoms with Gasteiger partial charge < -0.3 is 15.0 Å². The van der Waals surface area contributed by atoms with Crippen molar-refractivity contribution in [3.63, 3.8) is 0 Å². The van der Waals surface area contributed by atoms with Gasteiger partial charge in [-0.15, -0.1) is 5.10 Å². The normalized spacial score (nSPS) is 18.8. The summed E-state index contributed by atoms with van der Waals surface area (Å²) in [6.45, 7) is 2.36. The lowest BCUT2D eigenvalue weighted by molar-refractivity contribution is -0.144. The topological polar surface area (TPSA) is 68.1 Å². The minimum Gasteiger partial charge on any atom is -0.493 e. The van der Waals surface area contributed by atoms with E-state index in [1.165, 1.54) is 44.2 Å². The van der Waals surface area contributed by atoms with Crippen molar-refractivity contribution in [2.75, 3.05) is 25.5 Å². The summed E-state index contributed by atoms with van der Waals surface area (Å²) in [6.07, 6.45) is 2.00. The van der Waals surface area contributed by atoms with E-state index in [0.29, 0.717) is 16.3 Å². The van der Waals surface area contributed by atoms with Crippen LogP contribution in [-0.4, -0.2) is 50.9 Å². The molecular formula is C24H26BrF3N6O. The molecule has 0 spiro atoms. The van der Waals surface area contributed by atoms with Crippen molar-refractivity contribution in [3.05, 3.63) is 51.9 Å². The molecule has 0 bridgehead atoms. The van der Waals surface area contributed by atoms with Crippen LogP contribution in [0.5, 0.6) is 5.75 Å². The van der Waals surface area contributed by atoms with Crippen molar-refractivity contribution in [1.29, 1.82) is 0 Å². The number of likely N-dealkylation sites (tertiary alicyclic amines) is 1. The molecule has 1 saturated heterocycles. The Hall–Kier alpha value is -2.66. The maximum absolute atomic E-state index is 13.5. The van der Waals surface area contributed by atoms with Crippen LogP contribution in [0, 0.1) is 0 Å². The zero-order valence-corrected chi connectivity index (χ0v) is 20.9. The molecule has 1 aliphatic carbocycles. The van der Waals surface area contributed by atoms with Gasteiger partial charge in [0.25, 0.3) is 5.82 Å². The summed E-state index contributed by atoms with van der Waals surface area (Å²) in [7, 11) is 1.42. The lowest BCUT2D eigenvalue weighted by atomic mass is 10.0.